The van der Waals surface area contributed by atoms with Crippen LogP contribution in [0, 0.1) is 5.82 Å². The van der Waals surface area contributed by atoms with Gasteiger partial charge in [0.05, 0.1) is 13.2 Å². The minimum Gasteiger partial charge on any atom is -0.469 e. The van der Waals surface area contributed by atoms with Gasteiger partial charge < -0.3 is 15.2 Å². The molecule has 0 unspecified atom stereocenters. The Bertz CT molecular complexity index is 780. The highest BCUT2D eigenvalue weighted by Crippen LogP contribution is 2.33. The van der Waals surface area contributed by atoms with Crippen molar-refractivity contribution >= 4 is 5.97 Å². The molecule has 3 atom stereocenters. The third-order valence-electron chi connectivity index (χ3n) is 4.79. The highest BCUT2D eigenvalue weighted by molar-refractivity contribution is 5.71. The van der Waals surface area contributed by atoms with E-state index in [1.165, 1.54) is 17.9 Å². The number of esters is 1. The Kier molecular flexibility index (Phi) is 5.63. The van der Waals surface area contributed by atoms with Crippen molar-refractivity contribution in [3.05, 3.63) is 41.7 Å². The summed E-state index contributed by atoms with van der Waals surface area (Å²) < 4.78 is 25.9. The Morgan fingerprint density at radius 1 is 1.35 bits per heavy atom. The molecule has 3 rings (SSSR count). The van der Waals surface area contributed by atoms with E-state index < -0.39 is 11.8 Å². The van der Waals surface area contributed by atoms with Crippen molar-refractivity contribution in [1.82, 2.24) is 14.8 Å². The monoisotopic (exact) mass is 362 g/mol. The van der Waals surface area contributed by atoms with Gasteiger partial charge in [0.1, 0.15) is 23.7 Å². The SMILES string of the molecule is COC(=O)Cc1nc([C@H]2CC[C@@H](OC)[C@H](N)C2)n(-c2ccccc2F)n1. The molecule has 140 valence electrons. The molecule has 0 amide bonds. The van der Waals surface area contributed by atoms with Crippen molar-refractivity contribution < 1.29 is 18.7 Å². The van der Waals surface area contributed by atoms with Gasteiger partial charge in [-0.3, -0.25) is 4.79 Å². The van der Waals surface area contributed by atoms with E-state index in [2.05, 4.69) is 14.8 Å². The van der Waals surface area contributed by atoms with Crippen LogP contribution in [0.2, 0.25) is 0 Å². The number of methoxy groups -OCH3 is 2. The number of benzene rings is 1. The first-order chi connectivity index (χ1) is 12.5. The van der Waals surface area contributed by atoms with E-state index in [0.717, 1.165) is 12.8 Å². The van der Waals surface area contributed by atoms with Crippen molar-refractivity contribution in [2.24, 2.45) is 5.73 Å². The topological polar surface area (TPSA) is 92.3 Å². The Hall–Kier alpha value is -2.32. The molecule has 1 aromatic carbocycles. The molecule has 8 heteroatoms. The van der Waals surface area contributed by atoms with Gasteiger partial charge >= 0.3 is 5.97 Å². The van der Waals surface area contributed by atoms with Crippen molar-refractivity contribution in [2.45, 2.75) is 43.7 Å². The number of para-hydroxylation sites is 1. The average molecular weight is 362 g/mol. The summed E-state index contributed by atoms with van der Waals surface area (Å²) in [7, 11) is 2.96. The highest BCUT2D eigenvalue weighted by Gasteiger charge is 2.32. The molecule has 0 aliphatic heterocycles. The van der Waals surface area contributed by atoms with Gasteiger partial charge in [-0.25, -0.2) is 14.1 Å². The molecule has 1 heterocycles. The molecule has 0 saturated heterocycles. The van der Waals surface area contributed by atoms with Crippen LogP contribution in [0.3, 0.4) is 0 Å². The van der Waals surface area contributed by atoms with Crippen molar-refractivity contribution in [3.8, 4) is 5.69 Å². The molecule has 26 heavy (non-hydrogen) atoms. The second kappa shape index (κ2) is 7.92. The largest absolute Gasteiger partial charge is 0.469 e. The molecule has 0 bridgehead atoms. The van der Waals surface area contributed by atoms with Gasteiger partial charge in [-0.1, -0.05) is 12.1 Å². The number of hydrogen-bond donors (Lipinski definition) is 1. The second-order valence-electron chi connectivity index (χ2n) is 6.45. The predicted molar refractivity (Wildman–Crippen MR) is 92.4 cm³/mol. The van der Waals surface area contributed by atoms with Crippen molar-refractivity contribution in [3.63, 3.8) is 0 Å². The fourth-order valence-corrected chi connectivity index (χ4v) is 3.41. The first-order valence-electron chi connectivity index (χ1n) is 8.59. The van der Waals surface area contributed by atoms with Gasteiger partial charge in [-0.2, -0.15) is 5.10 Å². The Labute approximate surface area is 151 Å². The summed E-state index contributed by atoms with van der Waals surface area (Å²) in [5.41, 5.74) is 6.51. The van der Waals surface area contributed by atoms with Crippen LogP contribution >= 0.6 is 0 Å². The molecule has 7 nitrogen and oxygen atoms in total. The van der Waals surface area contributed by atoms with Gasteiger partial charge in [0, 0.05) is 19.1 Å². The first kappa shape index (κ1) is 18.5. The number of aromatic nitrogens is 3. The highest BCUT2D eigenvalue weighted by atomic mass is 19.1. The summed E-state index contributed by atoms with van der Waals surface area (Å²) in [5, 5.41) is 4.36. The summed E-state index contributed by atoms with van der Waals surface area (Å²) >= 11 is 0. The molecule has 1 fully saturated rings. The summed E-state index contributed by atoms with van der Waals surface area (Å²) in [6, 6.07) is 6.22. The minimum absolute atomic E-state index is 0.00521. The van der Waals surface area contributed by atoms with E-state index in [1.54, 1.807) is 25.3 Å². The minimum atomic E-state index is -0.443. The molecular weight excluding hydrogens is 339 g/mol. The third kappa shape index (κ3) is 3.76. The predicted octanol–water partition coefficient (Wildman–Crippen LogP) is 1.73. The molecule has 1 saturated carbocycles. The lowest BCUT2D eigenvalue weighted by Gasteiger charge is -2.32. The quantitative estimate of drug-likeness (QED) is 0.815. The lowest BCUT2D eigenvalue weighted by atomic mass is 9.83. The van der Waals surface area contributed by atoms with E-state index >= 15 is 0 Å². The molecular formula is C18H23FN4O3. The van der Waals surface area contributed by atoms with Gasteiger partial charge in [-0.15, -0.1) is 0 Å². The number of ether oxygens (including phenoxy) is 2. The smallest absolute Gasteiger partial charge is 0.313 e. The number of nitrogens with zero attached hydrogens (tertiary/aromatic N) is 3. The second-order valence-corrected chi connectivity index (χ2v) is 6.45. The Morgan fingerprint density at radius 3 is 2.77 bits per heavy atom. The molecule has 0 spiro atoms. The maximum absolute atomic E-state index is 14.3. The average Bonchev–Trinajstić information content (AvgIpc) is 3.05. The van der Waals surface area contributed by atoms with Crippen molar-refractivity contribution in [2.75, 3.05) is 14.2 Å². The fraction of sp³-hybridized carbons (Fsp3) is 0.500. The number of rotatable bonds is 5. The number of halogens is 1. The normalized spacial score (nSPS) is 23.0. The van der Waals surface area contributed by atoms with Crippen LogP contribution in [-0.2, 0) is 20.7 Å². The Balaban J connectivity index is 1.97. The van der Waals surface area contributed by atoms with E-state index in [-0.39, 0.29) is 24.5 Å². The molecule has 1 aliphatic rings. The van der Waals surface area contributed by atoms with Crippen LogP contribution in [0.25, 0.3) is 5.69 Å². The van der Waals surface area contributed by atoms with E-state index in [4.69, 9.17) is 10.5 Å². The van der Waals surface area contributed by atoms with Gasteiger partial charge in [0.2, 0.25) is 0 Å². The zero-order valence-corrected chi connectivity index (χ0v) is 14.9. The maximum atomic E-state index is 14.3. The van der Waals surface area contributed by atoms with Crippen LogP contribution in [-0.4, -0.2) is 47.1 Å². The summed E-state index contributed by atoms with van der Waals surface area (Å²) in [6.07, 6.45) is 2.19. The van der Waals surface area contributed by atoms with Crippen LogP contribution in [0.1, 0.15) is 36.8 Å². The standard InChI is InChI=1S/C18H23FN4O3/c1-25-15-8-7-11(9-13(15)20)18-21-16(10-17(24)26-2)22-23(18)14-6-4-3-5-12(14)19/h3-6,11,13,15H,7-10,20H2,1-2H3/t11-,13+,15+/m0/s1. The lowest BCUT2D eigenvalue weighted by Crippen LogP contribution is -2.41. The molecule has 2 N–H and O–H groups in total. The molecule has 2 aromatic rings. The molecule has 0 radical (unpaired) electrons. The number of carbonyl (C=O) groups excluding carboxylic acids is 1. The molecule has 1 aromatic heterocycles. The number of carbonyl (C=O) groups is 1. The van der Waals surface area contributed by atoms with Crippen LogP contribution in [0.4, 0.5) is 4.39 Å². The summed E-state index contributed by atoms with van der Waals surface area (Å²) in [5.74, 6) is 0.0756. The third-order valence-corrected chi connectivity index (χ3v) is 4.79. The maximum Gasteiger partial charge on any atom is 0.313 e. The Morgan fingerprint density at radius 2 is 2.12 bits per heavy atom. The van der Waals surface area contributed by atoms with Gasteiger partial charge in [-0.05, 0) is 31.4 Å². The first-order valence-corrected chi connectivity index (χ1v) is 8.59. The zero-order chi connectivity index (χ0) is 18.7. The zero-order valence-electron chi connectivity index (χ0n) is 14.9. The van der Waals surface area contributed by atoms with Gasteiger partial charge in [0.25, 0.3) is 0 Å². The fourth-order valence-electron chi connectivity index (χ4n) is 3.41. The number of hydrogen-bond acceptors (Lipinski definition) is 6. The van der Waals surface area contributed by atoms with Crippen LogP contribution < -0.4 is 5.73 Å². The summed E-state index contributed by atoms with van der Waals surface area (Å²) in [6.45, 7) is 0. The van der Waals surface area contributed by atoms with E-state index in [0.29, 0.717) is 23.8 Å². The summed E-state index contributed by atoms with van der Waals surface area (Å²) in [4.78, 5) is 16.1. The lowest BCUT2D eigenvalue weighted by molar-refractivity contribution is -0.139. The van der Waals surface area contributed by atoms with E-state index in [9.17, 15) is 9.18 Å². The van der Waals surface area contributed by atoms with Crippen LogP contribution in [0.15, 0.2) is 24.3 Å². The number of nitrogens with two attached hydrogens (primary N) is 1. The van der Waals surface area contributed by atoms with E-state index in [1.807, 2.05) is 0 Å². The van der Waals surface area contributed by atoms with Crippen molar-refractivity contribution in [1.29, 1.82) is 0 Å². The van der Waals surface area contributed by atoms with Gasteiger partial charge in [0.15, 0.2) is 5.82 Å². The van der Waals surface area contributed by atoms with Crippen LogP contribution in [0.5, 0.6) is 0 Å². The molecule has 1 aliphatic carbocycles.